The number of aromatic hydroxyl groups is 1. The van der Waals surface area contributed by atoms with E-state index in [2.05, 4.69) is 4.98 Å². The van der Waals surface area contributed by atoms with E-state index in [1.165, 1.54) is 6.07 Å². The molecule has 1 N–H and O–H groups in total. The number of aromatic nitrogens is 2. The molecule has 0 spiro atoms. The van der Waals surface area contributed by atoms with E-state index >= 15 is 0 Å². The van der Waals surface area contributed by atoms with Crippen molar-refractivity contribution in [2.45, 2.75) is 26.8 Å². The molecule has 0 atom stereocenters. The van der Waals surface area contributed by atoms with Gasteiger partial charge in [0.1, 0.15) is 17.1 Å². The normalized spacial score (nSPS) is 11.5. The molecule has 0 fully saturated rings. The molecule has 1 aromatic heterocycles. The van der Waals surface area contributed by atoms with Crippen molar-refractivity contribution in [3.63, 3.8) is 0 Å². The maximum Gasteiger partial charge on any atom is 0.151 e. The Morgan fingerprint density at radius 1 is 1.14 bits per heavy atom. The Hall–Kier alpha value is -2.36. The number of para-hydroxylation sites is 2. The molecule has 0 saturated heterocycles. The minimum absolute atomic E-state index is 0.103. The van der Waals surface area contributed by atoms with Crippen LogP contribution in [0, 0.1) is 12.7 Å². The molecule has 3 rings (SSSR count). The van der Waals surface area contributed by atoms with E-state index in [4.69, 9.17) is 0 Å². The molecule has 0 radical (unpaired) electrons. The van der Waals surface area contributed by atoms with E-state index in [1.54, 1.807) is 12.1 Å². The summed E-state index contributed by atoms with van der Waals surface area (Å²) >= 11 is 0. The van der Waals surface area contributed by atoms with Crippen molar-refractivity contribution in [1.82, 2.24) is 9.55 Å². The first-order valence-corrected chi connectivity index (χ1v) is 6.96. The molecule has 0 bridgehead atoms. The summed E-state index contributed by atoms with van der Waals surface area (Å²) in [6.45, 7) is 5.87. The quantitative estimate of drug-likeness (QED) is 0.755. The Balaban J connectivity index is 2.39. The minimum Gasteiger partial charge on any atom is -0.507 e. The summed E-state index contributed by atoms with van der Waals surface area (Å²) in [6.07, 6.45) is 0. The molecule has 4 heteroatoms. The van der Waals surface area contributed by atoms with Gasteiger partial charge in [-0.15, -0.1) is 0 Å². The predicted molar refractivity (Wildman–Crippen MR) is 81.9 cm³/mol. The van der Waals surface area contributed by atoms with Crippen LogP contribution in [0.3, 0.4) is 0 Å². The van der Waals surface area contributed by atoms with Gasteiger partial charge >= 0.3 is 0 Å². The maximum atomic E-state index is 14.0. The lowest BCUT2D eigenvalue weighted by atomic mass is 10.1. The number of aryl methyl sites for hydroxylation is 1. The Kier molecular flexibility index (Phi) is 3.16. The number of phenolic OH excluding ortho intramolecular Hbond substituents is 1. The topological polar surface area (TPSA) is 38.0 Å². The Labute approximate surface area is 122 Å². The zero-order valence-electron chi connectivity index (χ0n) is 12.3. The zero-order chi connectivity index (χ0) is 15.1. The van der Waals surface area contributed by atoms with Crippen LogP contribution in [0.2, 0.25) is 0 Å². The van der Waals surface area contributed by atoms with Crippen LogP contribution in [0.4, 0.5) is 4.39 Å². The smallest absolute Gasteiger partial charge is 0.151 e. The fourth-order valence-corrected chi connectivity index (χ4v) is 2.64. The predicted octanol–water partition coefficient (Wildman–Crippen LogP) is 4.44. The molecule has 3 nitrogen and oxygen atoms in total. The largest absolute Gasteiger partial charge is 0.507 e. The van der Waals surface area contributed by atoms with Gasteiger partial charge in [-0.3, -0.25) is 0 Å². The zero-order valence-corrected chi connectivity index (χ0v) is 12.3. The summed E-state index contributed by atoms with van der Waals surface area (Å²) in [5.74, 6) is 0.432. The lowest BCUT2D eigenvalue weighted by Crippen LogP contribution is -2.03. The van der Waals surface area contributed by atoms with E-state index in [-0.39, 0.29) is 17.6 Å². The number of hydrogen-bond donors (Lipinski definition) is 1. The number of rotatable bonds is 2. The first kappa shape index (κ1) is 13.6. The van der Waals surface area contributed by atoms with Crippen molar-refractivity contribution in [3.8, 4) is 17.1 Å². The summed E-state index contributed by atoms with van der Waals surface area (Å²) in [6, 6.07) is 10.5. The van der Waals surface area contributed by atoms with Crippen molar-refractivity contribution < 1.29 is 9.50 Å². The van der Waals surface area contributed by atoms with Gasteiger partial charge in [0.25, 0.3) is 0 Å². The van der Waals surface area contributed by atoms with Crippen LogP contribution in [-0.4, -0.2) is 14.7 Å². The molecule has 2 aromatic carbocycles. The number of imidazole rings is 1. The van der Waals surface area contributed by atoms with Crippen molar-refractivity contribution >= 4 is 11.0 Å². The Morgan fingerprint density at radius 2 is 1.86 bits per heavy atom. The molecule has 1 heterocycles. The van der Waals surface area contributed by atoms with E-state index < -0.39 is 0 Å². The summed E-state index contributed by atoms with van der Waals surface area (Å²) in [7, 11) is 0. The van der Waals surface area contributed by atoms with Gasteiger partial charge in [-0.2, -0.15) is 0 Å². The number of phenols is 1. The van der Waals surface area contributed by atoms with Gasteiger partial charge in [-0.05, 0) is 44.5 Å². The molecule has 0 aliphatic rings. The highest BCUT2D eigenvalue weighted by molar-refractivity contribution is 5.83. The molecular formula is C17H17FN2O. The van der Waals surface area contributed by atoms with Crippen molar-refractivity contribution in [1.29, 1.82) is 0 Å². The highest BCUT2D eigenvalue weighted by Gasteiger charge is 2.19. The molecule has 21 heavy (non-hydrogen) atoms. The Bertz CT molecular complexity index is 821. The second-order valence-corrected chi connectivity index (χ2v) is 5.48. The number of hydrogen-bond acceptors (Lipinski definition) is 2. The molecule has 108 valence electrons. The van der Waals surface area contributed by atoms with Gasteiger partial charge in [0, 0.05) is 6.04 Å². The maximum absolute atomic E-state index is 14.0. The molecule has 0 amide bonds. The number of nitrogens with zero attached hydrogens (tertiary/aromatic N) is 2. The third kappa shape index (κ3) is 2.07. The van der Waals surface area contributed by atoms with Crippen LogP contribution in [-0.2, 0) is 0 Å². The highest BCUT2D eigenvalue weighted by atomic mass is 19.1. The van der Waals surface area contributed by atoms with Crippen LogP contribution in [0.25, 0.3) is 22.4 Å². The first-order valence-electron chi connectivity index (χ1n) is 6.96. The standard InChI is InChI=1S/C17H17FN2O/c1-10(2)20-14-9-5-8-13(18)15(14)19-17(20)12-7-4-6-11(3)16(12)21/h4-10,21H,1-3H3. The Morgan fingerprint density at radius 3 is 2.57 bits per heavy atom. The lowest BCUT2D eigenvalue weighted by Gasteiger charge is -2.14. The van der Waals surface area contributed by atoms with Crippen LogP contribution < -0.4 is 0 Å². The van der Waals surface area contributed by atoms with Crippen LogP contribution in [0.5, 0.6) is 5.75 Å². The SMILES string of the molecule is Cc1cccc(-c2nc3c(F)cccc3n2C(C)C)c1O. The fraction of sp³-hybridized carbons (Fsp3) is 0.235. The number of halogens is 1. The summed E-state index contributed by atoms with van der Waals surface area (Å²) < 4.78 is 16.0. The molecular weight excluding hydrogens is 267 g/mol. The number of fused-ring (bicyclic) bond motifs is 1. The molecule has 0 aliphatic heterocycles. The fourth-order valence-electron chi connectivity index (χ4n) is 2.64. The molecule has 0 saturated carbocycles. The minimum atomic E-state index is -0.347. The molecule has 3 aromatic rings. The van der Waals surface area contributed by atoms with Gasteiger partial charge in [0.2, 0.25) is 0 Å². The van der Waals surface area contributed by atoms with E-state index in [0.29, 0.717) is 16.9 Å². The van der Waals surface area contributed by atoms with E-state index in [9.17, 15) is 9.50 Å². The molecule has 0 unspecified atom stereocenters. The summed E-state index contributed by atoms with van der Waals surface area (Å²) in [5.41, 5.74) is 2.47. The number of benzene rings is 2. The monoisotopic (exact) mass is 284 g/mol. The summed E-state index contributed by atoms with van der Waals surface area (Å²) in [5, 5.41) is 10.3. The van der Waals surface area contributed by atoms with Gasteiger partial charge in [-0.1, -0.05) is 18.2 Å². The van der Waals surface area contributed by atoms with Gasteiger partial charge in [0.05, 0.1) is 11.1 Å². The average Bonchev–Trinajstić information content (AvgIpc) is 2.82. The van der Waals surface area contributed by atoms with Crippen LogP contribution >= 0.6 is 0 Å². The van der Waals surface area contributed by atoms with Crippen molar-refractivity contribution in [2.75, 3.05) is 0 Å². The van der Waals surface area contributed by atoms with Crippen LogP contribution in [0.15, 0.2) is 36.4 Å². The van der Waals surface area contributed by atoms with Crippen LogP contribution in [0.1, 0.15) is 25.5 Å². The third-order valence-corrected chi connectivity index (χ3v) is 3.67. The third-order valence-electron chi connectivity index (χ3n) is 3.67. The van der Waals surface area contributed by atoms with Gasteiger partial charge in [-0.25, -0.2) is 9.37 Å². The lowest BCUT2D eigenvalue weighted by molar-refractivity contribution is 0.472. The van der Waals surface area contributed by atoms with Crippen molar-refractivity contribution in [2.24, 2.45) is 0 Å². The van der Waals surface area contributed by atoms with E-state index in [1.807, 2.05) is 43.5 Å². The second kappa shape index (κ2) is 4.88. The average molecular weight is 284 g/mol. The van der Waals surface area contributed by atoms with Gasteiger partial charge in [0.15, 0.2) is 5.82 Å². The molecule has 0 aliphatic carbocycles. The van der Waals surface area contributed by atoms with Crippen molar-refractivity contribution in [3.05, 3.63) is 47.8 Å². The first-order chi connectivity index (χ1) is 10.0. The highest BCUT2D eigenvalue weighted by Crippen LogP contribution is 2.35. The van der Waals surface area contributed by atoms with E-state index in [0.717, 1.165) is 11.1 Å². The summed E-state index contributed by atoms with van der Waals surface area (Å²) in [4.78, 5) is 4.43. The second-order valence-electron chi connectivity index (χ2n) is 5.48. The van der Waals surface area contributed by atoms with Gasteiger partial charge < -0.3 is 9.67 Å².